The zero-order valence-electron chi connectivity index (χ0n) is 14.8. The molecular weight excluding hydrogens is 456 g/mol. The number of thiophene rings is 1. The average molecular weight is 475 g/mol. The molecule has 0 fully saturated rings. The highest BCUT2D eigenvalue weighted by atomic mass is 79.9. The van der Waals surface area contributed by atoms with Crippen molar-refractivity contribution < 1.29 is 22.7 Å². The highest BCUT2D eigenvalue weighted by molar-refractivity contribution is 9.11. The number of anilines is 1. The molecule has 0 bridgehead atoms. The maximum atomic E-state index is 12.4. The van der Waals surface area contributed by atoms with Gasteiger partial charge < -0.3 is 10.1 Å². The number of ether oxygens (including phenoxy) is 1. The first kappa shape index (κ1) is 21.5. The molecule has 0 atom stereocenters. The third kappa shape index (κ3) is 5.61. The number of nitrogens with one attached hydrogen (secondary N) is 1. The van der Waals surface area contributed by atoms with Crippen molar-refractivity contribution in [2.75, 3.05) is 25.0 Å². The Bertz CT molecular complexity index is 906. The number of carbonyl (C=O) groups is 2. The lowest BCUT2D eigenvalue weighted by Crippen LogP contribution is -2.30. The molecule has 1 aromatic heterocycles. The van der Waals surface area contributed by atoms with E-state index in [4.69, 9.17) is 4.74 Å². The van der Waals surface area contributed by atoms with Gasteiger partial charge in [-0.2, -0.15) is 4.31 Å². The molecule has 1 aromatic carbocycles. The molecule has 2 aromatic rings. The summed E-state index contributed by atoms with van der Waals surface area (Å²) in [6.45, 7) is 3.86. The Morgan fingerprint density at radius 3 is 2.26 bits per heavy atom. The topological polar surface area (TPSA) is 92.8 Å². The van der Waals surface area contributed by atoms with Crippen LogP contribution in [-0.2, 0) is 19.6 Å². The third-order valence-corrected chi connectivity index (χ3v) is 7.26. The van der Waals surface area contributed by atoms with Crippen LogP contribution in [0.2, 0.25) is 0 Å². The van der Waals surface area contributed by atoms with Crippen molar-refractivity contribution in [2.24, 2.45) is 0 Å². The number of nitrogens with zero attached hydrogens (tertiary/aromatic N) is 1. The molecule has 0 aliphatic rings. The number of halogens is 1. The van der Waals surface area contributed by atoms with Gasteiger partial charge in [-0.25, -0.2) is 13.2 Å². The van der Waals surface area contributed by atoms with E-state index < -0.39 is 28.5 Å². The maximum absolute atomic E-state index is 12.4. The number of carbonyl (C=O) groups excluding carboxylic acids is 2. The van der Waals surface area contributed by atoms with E-state index in [1.54, 1.807) is 26.0 Å². The molecule has 0 aliphatic carbocycles. The summed E-state index contributed by atoms with van der Waals surface area (Å²) in [6.07, 6.45) is 0. The molecule has 0 aliphatic heterocycles. The van der Waals surface area contributed by atoms with Crippen LogP contribution in [0.3, 0.4) is 0 Å². The monoisotopic (exact) mass is 474 g/mol. The molecule has 1 amide bonds. The van der Waals surface area contributed by atoms with Crippen LogP contribution >= 0.6 is 27.3 Å². The largest absolute Gasteiger partial charge is 0.451 e. The molecule has 0 saturated heterocycles. The molecule has 0 saturated carbocycles. The van der Waals surface area contributed by atoms with E-state index in [1.807, 2.05) is 0 Å². The Kier molecular flexibility index (Phi) is 7.54. The molecule has 1 N–H and O–H groups in total. The van der Waals surface area contributed by atoms with Gasteiger partial charge in [0.2, 0.25) is 10.0 Å². The Labute approximate surface area is 170 Å². The van der Waals surface area contributed by atoms with E-state index in [9.17, 15) is 18.0 Å². The van der Waals surface area contributed by atoms with E-state index >= 15 is 0 Å². The highest BCUT2D eigenvalue weighted by Gasteiger charge is 2.21. The molecule has 146 valence electrons. The minimum atomic E-state index is -3.55. The van der Waals surface area contributed by atoms with Crippen molar-refractivity contribution in [3.05, 3.63) is 45.1 Å². The fourth-order valence-corrected chi connectivity index (χ4v) is 4.98. The SMILES string of the molecule is CCN(CC)S(=O)(=O)c1ccc(NC(=O)COC(=O)c2ccc(Br)s2)cc1. The van der Waals surface area contributed by atoms with Gasteiger partial charge in [0.15, 0.2) is 6.61 Å². The Morgan fingerprint density at radius 1 is 1.11 bits per heavy atom. The summed E-state index contributed by atoms with van der Waals surface area (Å²) in [4.78, 5) is 24.3. The van der Waals surface area contributed by atoms with Gasteiger partial charge in [-0.05, 0) is 52.3 Å². The van der Waals surface area contributed by atoms with E-state index in [0.29, 0.717) is 23.7 Å². The van der Waals surface area contributed by atoms with Gasteiger partial charge in [-0.1, -0.05) is 13.8 Å². The van der Waals surface area contributed by atoms with Crippen LogP contribution in [0.15, 0.2) is 45.1 Å². The quantitative estimate of drug-likeness (QED) is 0.592. The predicted octanol–water partition coefficient (Wildman–Crippen LogP) is 3.34. The van der Waals surface area contributed by atoms with Crippen LogP contribution in [0.4, 0.5) is 5.69 Å². The molecule has 2 rings (SSSR count). The van der Waals surface area contributed by atoms with Crippen molar-refractivity contribution in [2.45, 2.75) is 18.7 Å². The summed E-state index contributed by atoms with van der Waals surface area (Å²) < 4.78 is 31.9. The summed E-state index contributed by atoms with van der Waals surface area (Å²) >= 11 is 4.46. The van der Waals surface area contributed by atoms with Crippen molar-refractivity contribution in [3.63, 3.8) is 0 Å². The van der Waals surface area contributed by atoms with Crippen molar-refractivity contribution in [3.8, 4) is 0 Å². The summed E-state index contributed by atoms with van der Waals surface area (Å²) in [6, 6.07) is 9.16. The van der Waals surface area contributed by atoms with Crippen LogP contribution in [0.1, 0.15) is 23.5 Å². The molecular formula is C17H19BrN2O5S2. The van der Waals surface area contributed by atoms with Crippen molar-refractivity contribution >= 4 is 54.9 Å². The fraction of sp³-hybridized carbons (Fsp3) is 0.294. The zero-order chi connectivity index (χ0) is 20.0. The number of hydrogen-bond donors (Lipinski definition) is 1. The second kappa shape index (κ2) is 9.45. The van der Waals surface area contributed by atoms with Gasteiger partial charge in [0.05, 0.1) is 8.68 Å². The summed E-state index contributed by atoms with van der Waals surface area (Å²) in [5.74, 6) is -1.10. The number of benzene rings is 1. The fourth-order valence-electron chi connectivity index (χ4n) is 2.25. The molecule has 0 radical (unpaired) electrons. The number of esters is 1. The minimum Gasteiger partial charge on any atom is -0.451 e. The van der Waals surface area contributed by atoms with Gasteiger partial charge in [-0.3, -0.25) is 4.79 Å². The maximum Gasteiger partial charge on any atom is 0.348 e. The highest BCUT2D eigenvalue weighted by Crippen LogP contribution is 2.22. The normalized spacial score (nSPS) is 11.4. The minimum absolute atomic E-state index is 0.152. The summed E-state index contributed by atoms with van der Waals surface area (Å²) in [5.41, 5.74) is 0.411. The molecule has 1 heterocycles. The van der Waals surface area contributed by atoms with Crippen molar-refractivity contribution in [1.82, 2.24) is 4.31 Å². The van der Waals surface area contributed by atoms with Crippen LogP contribution in [0.5, 0.6) is 0 Å². The number of rotatable bonds is 8. The van der Waals surface area contributed by atoms with Gasteiger partial charge in [0.25, 0.3) is 5.91 Å². The second-order valence-electron chi connectivity index (χ2n) is 5.34. The number of hydrogen-bond acceptors (Lipinski definition) is 6. The first-order valence-corrected chi connectivity index (χ1v) is 11.2. The standard InChI is InChI=1S/C17H19BrN2O5S2/c1-3-20(4-2)27(23,24)13-7-5-12(6-8-13)19-16(21)11-25-17(22)14-9-10-15(18)26-14/h5-10H,3-4,11H2,1-2H3,(H,19,21). The van der Waals surface area contributed by atoms with Gasteiger partial charge in [0.1, 0.15) is 4.88 Å². The van der Waals surface area contributed by atoms with Gasteiger partial charge in [-0.15, -0.1) is 11.3 Å². The molecule has 0 unspecified atom stereocenters. The van der Waals surface area contributed by atoms with Gasteiger partial charge >= 0.3 is 5.97 Å². The lowest BCUT2D eigenvalue weighted by Gasteiger charge is -2.18. The van der Waals surface area contributed by atoms with E-state index in [-0.39, 0.29) is 4.90 Å². The molecule has 0 spiro atoms. The van der Waals surface area contributed by atoms with Crippen LogP contribution in [0.25, 0.3) is 0 Å². The number of amides is 1. The Balaban J connectivity index is 1.94. The second-order valence-corrected chi connectivity index (χ2v) is 9.74. The van der Waals surface area contributed by atoms with Crippen LogP contribution < -0.4 is 5.32 Å². The van der Waals surface area contributed by atoms with Gasteiger partial charge in [0, 0.05) is 18.8 Å². The number of sulfonamides is 1. The first-order valence-electron chi connectivity index (χ1n) is 8.10. The third-order valence-electron chi connectivity index (χ3n) is 3.59. The first-order chi connectivity index (χ1) is 12.8. The van der Waals surface area contributed by atoms with Crippen LogP contribution in [0, 0.1) is 0 Å². The van der Waals surface area contributed by atoms with E-state index in [2.05, 4.69) is 21.2 Å². The average Bonchev–Trinajstić information content (AvgIpc) is 3.07. The summed E-state index contributed by atoms with van der Waals surface area (Å²) in [7, 11) is -3.55. The lowest BCUT2D eigenvalue weighted by molar-refractivity contribution is -0.119. The molecule has 27 heavy (non-hydrogen) atoms. The molecule has 10 heteroatoms. The predicted molar refractivity (Wildman–Crippen MR) is 107 cm³/mol. The lowest BCUT2D eigenvalue weighted by atomic mass is 10.3. The Hall–Kier alpha value is -1.75. The van der Waals surface area contributed by atoms with Crippen molar-refractivity contribution in [1.29, 1.82) is 0 Å². The van der Waals surface area contributed by atoms with E-state index in [0.717, 1.165) is 3.79 Å². The Morgan fingerprint density at radius 2 is 1.74 bits per heavy atom. The summed E-state index contributed by atoms with van der Waals surface area (Å²) in [5, 5.41) is 2.56. The molecule has 7 nitrogen and oxygen atoms in total. The van der Waals surface area contributed by atoms with E-state index in [1.165, 1.54) is 39.9 Å². The smallest absolute Gasteiger partial charge is 0.348 e. The van der Waals surface area contributed by atoms with Crippen LogP contribution in [-0.4, -0.2) is 44.3 Å². The zero-order valence-corrected chi connectivity index (χ0v) is 18.0.